The number of para-hydroxylation sites is 1. The molecule has 0 aliphatic heterocycles. The average molecular weight is 548 g/mol. The fourth-order valence-electron chi connectivity index (χ4n) is 2.43. The lowest BCUT2D eigenvalue weighted by molar-refractivity contribution is 0.0956. The van der Waals surface area contributed by atoms with Crippen LogP contribution in [0, 0.1) is 3.57 Å². The molecule has 28 heavy (non-hydrogen) atoms. The highest BCUT2D eigenvalue weighted by atomic mass is 127. The molecular weight excluding hydrogens is 533 g/mol. The maximum atomic E-state index is 12.5. The molecule has 0 aliphatic carbocycles. The Labute approximate surface area is 184 Å². The molecule has 0 aliphatic rings. The number of hydrogen-bond donors (Lipinski definition) is 2. The van der Waals surface area contributed by atoms with Gasteiger partial charge < -0.3 is 5.32 Å². The highest BCUT2D eigenvalue weighted by Crippen LogP contribution is 2.20. The minimum Gasteiger partial charge on any atom is -0.321 e. The monoisotopic (exact) mass is 547 g/mol. The van der Waals surface area contributed by atoms with Gasteiger partial charge in [0, 0.05) is 13.6 Å². The molecule has 3 aromatic rings. The van der Waals surface area contributed by atoms with Gasteiger partial charge in [0.1, 0.15) is 0 Å². The van der Waals surface area contributed by atoms with Crippen LogP contribution < -0.4 is 10.7 Å². The number of hydrogen-bond acceptors (Lipinski definition) is 3. The SMILES string of the molecule is O=C(Nc1ccccc1C(=O)N/N=C/c1ccccc1I)c1ccccc1Br. The highest BCUT2D eigenvalue weighted by molar-refractivity contribution is 14.1. The fourth-order valence-corrected chi connectivity index (χ4v) is 3.42. The van der Waals surface area contributed by atoms with Gasteiger partial charge >= 0.3 is 0 Å². The Kier molecular flexibility index (Phi) is 6.94. The number of benzene rings is 3. The zero-order chi connectivity index (χ0) is 19.9. The second kappa shape index (κ2) is 9.61. The number of anilines is 1. The number of carbonyl (C=O) groups is 2. The maximum absolute atomic E-state index is 12.5. The van der Waals surface area contributed by atoms with Crippen molar-refractivity contribution in [1.82, 2.24) is 5.43 Å². The molecule has 0 heterocycles. The molecule has 0 radical (unpaired) electrons. The van der Waals surface area contributed by atoms with Gasteiger partial charge in [-0.25, -0.2) is 5.43 Å². The van der Waals surface area contributed by atoms with Gasteiger partial charge in [-0.3, -0.25) is 9.59 Å². The summed E-state index contributed by atoms with van der Waals surface area (Å²) in [4.78, 5) is 25.1. The number of nitrogens with zero attached hydrogens (tertiary/aromatic N) is 1. The predicted octanol–water partition coefficient (Wildman–Crippen LogP) is 5.07. The van der Waals surface area contributed by atoms with Crippen molar-refractivity contribution >= 4 is 62.2 Å². The lowest BCUT2D eigenvalue weighted by Crippen LogP contribution is -2.21. The summed E-state index contributed by atoms with van der Waals surface area (Å²) in [6.07, 6.45) is 1.59. The predicted molar refractivity (Wildman–Crippen MR) is 123 cm³/mol. The molecule has 0 atom stereocenters. The number of hydrazone groups is 1. The Balaban J connectivity index is 1.74. The first-order valence-electron chi connectivity index (χ1n) is 8.29. The molecule has 0 aromatic heterocycles. The summed E-state index contributed by atoms with van der Waals surface area (Å²) in [7, 11) is 0. The Morgan fingerprint density at radius 2 is 1.50 bits per heavy atom. The average Bonchev–Trinajstić information content (AvgIpc) is 2.70. The van der Waals surface area contributed by atoms with Crippen molar-refractivity contribution in [3.05, 3.63) is 97.5 Å². The van der Waals surface area contributed by atoms with Crippen LogP contribution >= 0.6 is 38.5 Å². The van der Waals surface area contributed by atoms with Crippen LogP contribution in [0.5, 0.6) is 0 Å². The van der Waals surface area contributed by atoms with Crippen molar-refractivity contribution in [2.75, 3.05) is 5.32 Å². The standard InChI is InChI=1S/C21H15BrIN3O2/c22-17-10-4-2-8-15(17)20(27)25-19-12-6-3-9-16(19)21(28)26-24-13-14-7-1-5-11-18(14)23/h1-13H,(H,25,27)(H,26,28)/b24-13+. The highest BCUT2D eigenvalue weighted by Gasteiger charge is 2.15. The van der Waals surface area contributed by atoms with Gasteiger partial charge in [0.05, 0.1) is 23.0 Å². The van der Waals surface area contributed by atoms with Crippen LogP contribution in [0.4, 0.5) is 5.69 Å². The third-order valence-electron chi connectivity index (χ3n) is 3.81. The quantitative estimate of drug-likeness (QED) is 0.266. The largest absolute Gasteiger partial charge is 0.321 e. The van der Waals surface area contributed by atoms with Crippen LogP contribution in [0.2, 0.25) is 0 Å². The van der Waals surface area contributed by atoms with E-state index in [2.05, 4.69) is 54.4 Å². The Morgan fingerprint density at radius 3 is 2.25 bits per heavy atom. The summed E-state index contributed by atoms with van der Waals surface area (Å²) in [6.45, 7) is 0. The summed E-state index contributed by atoms with van der Waals surface area (Å²) in [5.41, 5.74) is 4.62. The second-order valence-corrected chi connectivity index (χ2v) is 7.72. The number of halogens is 2. The topological polar surface area (TPSA) is 70.6 Å². The molecule has 140 valence electrons. The van der Waals surface area contributed by atoms with Gasteiger partial charge in [0.2, 0.25) is 0 Å². The van der Waals surface area contributed by atoms with Crippen LogP contribution in [0.25, 0.3) is 0 Å². The third kappa shape index (κ3) is 5.05. The smallest absolute Gasteiger partial charge is 0.273 e. The number of carbonyl (C=O) groups excluding carboxylic acids is 2. The van der Waals surface area contributed by atoms with Crippen molar-refractivity contribution in [3.63, 3.8) is 0 Å². The van der Waals surface area contributed by atoms with E-state index in [1.165, 1.54) is 0 Å². The van der Waals surface area contributed by atoms with E-state index in [0.717, 1.165) is 9.13 Å². The molecule has 0 bridgehead atoms. The molecule has 0 saturated carbocycles. The third-order valence-corrected chi connectivity index (χ3v) is 5.49. The van der Waals surface area contributed by atoms with Crippen LogP contribution in [-0.2, 0) is 0 Å². The fraction of sp³-hybridized carbons (Fsp3) is 0. The minimum atomic E-state index is -0.412. The molecule has 0 spiro atoms. The lowest BCUT2D eigenvalue weighted by Gasteiger charge is -2.10. The number of rotatable bonds is 5. The normalized spacial score (nSPS) is 10.6. The molecule has 2 N–H and O–H groups in total. The molecule has 0 unspecified atom stereocenters. The van der Waals surface area contributed by atoms with Crippen molar-refractivity contribution in [2.45, 2.75) is 0 Å². The van der Waals surface area contributed by atoms with Crippen molar-refractivity contribution in [3.8, 4) is 0 Å². The van der Waals surface area contributed by atoms with Gasteiger partial charge in [0.25, 0.3) is 11.8 Å². The molecular formula is C21H15BrIN3O2. The van der Waals surface area contributed by atoms with E-state index in [0.29, 0.717) is 21.3 Å². The van der Waals surface area contributed by atoms with Gasteiger partial charge in [-0.1, -0.05) is 42.5 Å². The van der Waals surface area contributed by atoms with Crippen molar-refractivity contribution < 1.29 is 9.59 Å². The molecule has 5 nitrogen and oxygen atoms in total. The van der Waals surface area contributed by atoms with Gasteiger partial charge in [0.15, 0.2) is 0 Å². The summed E-state index contributed by atoms with van der Waals surface area (Å²) in [5, 5.41) is 6.80. The van der Waals surface area contributed by atoms with Crippen LogP contribution in [-0.4, -0.2) is 18.0 Å². The minimum absolute atomic E-state index is 0.310. The van der Waals surface area contributed by atoms with Crippen LogP contribution in [0.3, 0.4) is 0 Å². The first-order chi connectivity index (χ1) is 13.6. The van der Waals surface area contributed by atoms with E-state index < -0.39 is 5.91 Å². The second-order valence-electron chi connectivity index (χ2n) is 5.70. The molecule has 0 saturated heterocycles. The molecule has 3 aromatic carbocycles. The van der Waals surface area contributed by atoms with Crippen LogP contribution in [0.15, 0.2) is 82.4 Å². The Hall–Kier alpha value is -2.52. The van der Waals surface area contributed by atoms with Crippen molar-refractivity contribution in [2.24, 2.45) is 5.10 Å². The van der Waals surface area contributed by atoms with E-state index in [1.54, 1.807) is 48.7 Å². The zero-order valence-electron chi connectivity index (χ0n) is 14.5. The van der Waals surface area contributed by atoms with Gasteiger partial charge in [-0.05, 0) is 68.9 Å². The Bertz CT molecular complexity index is 1050. The lowest BCUT2D eigenvalue weighted by atomic mass is 10.1. The van der Waals surface area contributed by atoms with Crippen LogP contribution in [0.1, 0.15) is 26.3 Å². The first-order valence-corrected chi connectivity index (χ1v) is 10.2. The van der Waals surface area contributed by atoms with E-state index >= 15 is 0 Å². The van der Waals surface area contributed by atoms with Gasteiger partial charge in [-0.2, -0.15) is 5.10 Å². The summed E-state index contributed by atoms with van der Waals surface area (Å²) in [6, 6.07) is 21.6. The summed E-state index contributed by atoms with van der Waals surface area (Å²) >= 11 is 5.56. The maximum Gasteiger partial charge on any atom is 0.273 e. The number of amides is 2. The van der Waals surface area contributed by atoms with E-state index in [4.69, 9.17) is 0 Å². The van der Waals surface area contributed by atoms with Gasteiger partial charge in [-0.15, -0.1) is 0 Å². The molecule has 0 fully saturated rings. The first kappa shape index (κ1) is 20.2. The van der Waals surface area contributed by atoms with E-state index in [-0.39, 0.29) is 5.91 Å². The summed E-state index contributed by atoms with van der Waals surface area (Å²) < 4.78 is 1.70. The van der Waals surface area contributed by atoms with Crippen molar-refractivity contribution in [1.29, 1.82) is 0 Å². The molecule has 7 heteroatoms. The Morgan fingerprint density at radius 1 is 0.857 bits per heavy atom. The molecule has 3 rings (SSSR count). The van der Waals surface area contributed by atoms with E-state index in [1.807, 2.05) is 30.3 Å². The molecule has 2 amide bonds. The van der Waals surface area contributed by atoms with E-state index in [9.17, 15) is 9.59 Å². The zero-order valence-corrected chi connectivity index (χ0v) is 18.3. The number of nitrogens with one attached hydrogen (secondary N) is 2. The summed E-state index contributed by atoms with van der Waals surface area (Å²) in [5.74, 6) is -0.722.